The molecule has 0 spiro atoms. The van der Waals surface area contributed by atoms with E-state index >= 15 is 0 Å². The summed E-state index contributed by atoms with van der Waals surface area (Å²) in [6, 6.07) is 13.0. The maximum absolute atomic E-state index is 13.8. The van der Waals surface area contributed by atoms with Crippen LogP contribution in [0.5, 0.6) is 17.2 Å². The summed E-state index contributed by atoms with van der Waals surface area (Å²) in [5.74, 6) is 1.27. The van der Waals surface area contributed by atoms with Gasteiger partial charge >= 0.3 is 0 Å². The van der Waals surface area contributed by atoms with E-state index in [0.717, 1.165) is 16.7 Å². The van der Waals surface area contributed by atoms with Crippen molar-refractivity contribution in [2.45, 2.75) is 45.7 Å². The fourth-order valence-corrected chi connectivity index (χ4v) is 5.84. The normalized spacial score (nSPS) is 14.3. The molecular weight excluding hydrogens is 588 g/mol. The molecule has 2 amide bonds. The Balaban J connectivity index is 1.56. The maximum Gasteiger partial charge on any atom is 0.247 e. The lowest BCUT2D eigenvalue weighted by atomic mass is 9.95. The number of nitrogens with zero attached hydrogens (tertiary/aromatic N) is 2. The largest absolute Gasteiger partial charge is 0.493 e. The number of amides is 2. The van der Waals surface area contributed by atoms with Gasteiger partial charge < -0.3 is 30.2 Å². The number of hydrogen-bond donors (Lipinski definition) is 4. The molecule has 1 aromatic heterocycles. The number of rotatable bonds is 10. The van der Waals surface area contributed by atoms with Gasteiger partial charge in [0, 0.05) is 23.7 Å². The Hall–Kier alpha value is -5.39. The third kappa shape index (κ3) is 6.51. The fourth-order valence-electron chi connectivity index (χ4n) is 5.84. The zero-order chi connectivity index (χ0) is 33.0. The fraction of sp³-hybridized carbons (Fsp3) is 0.324. The summed E-state index contributed by atoms with van der Waals surface area (Å²) in [6.07, 6.45) is 2.54. The molecule has 4 aromatic rings. The van der Waals surface area contributed by atoms with Crippen molar-refractivity contribution < 1.29 is 23.8 Å². The summed E-state index contributed by atoms with van der Waals surface area (Å²) in [4.78, 5) is 43.9. The lowest BCUT2D eigenvalue weighted by molar-refractivity contribution is -0.120. The van der Waals surface area contributed by atoms with Crippen LogP contribution in [0.4, 0.5) is 11.4 Å². The highest BCUT2D eigenvalue weighted by molar-refractivity contribution is 5.97. The van der Waals surface area contributed by atoms with E-state index in [2.05, 4.69) is 31.1 Å². The van der Waals surface area contributed by atoms with E-state index in [0.29, 0.717) is 52.7 Å². The third-order valence-electron chi connectivity index (χ3n) is 7.99. The summed E-state index contributed by atoms with van der Waals surface area (Å²) < 4.78 is 17.1. The van der Waals surface area contributed by atoms with Crippen LogP contribution in [0.3, 0.4) is 0 Å². The molecule has 240 valence electrons. The molecule has 3 aromatic carbocycles. The van der Waals surface area contributed by atoms with E-state index in [1.165, 1.54) is 26.4 Å². The van der Waals surface area contributed by atoms with E-state index in [-0.39, 0.29) is 28.8 Å². The van der Waals surface area contributed by atoms with Crippen LogP contribution >= 0.6 is 0 Å². The van der Waals surface area contributed by atoms with Gasteiger partial charge in [-0.1, -0.05) is 32.0 Å². The minimum atomic E-state index is -0.749. The molecule has 1 heterocycles. The Morgan fingerprint density at radius 2 is 1.78 bits per heavy atom. The van der Waals surface area contributed by atoms with Gasteiger partial charge in [-0.15, -0.1) is 0 Å². The average molecular weight is 627 g/mol. The van der Waals surface area contributed by atoms with Crippen LogP contribution in [0, 0.1) is 5.92 Å². The predicted octanol–water partition coefficient (Wildman–Crippen LogP) is 4.72. The van der Waals surface area contributed by atoms with Crippen molar-refractivity contribution in [2.24, 2.45) is 5.92 Å². The molecule has 2 atom stereocenters. The molecule has 0 saturated carbocycles. The van der Waals surface area contributed by atoms with E-state index in [1.54, 1.807) is 32.4 Å². The van der Waals surface area contributed by atoms with Gasteiger partial charge in [0.05, 0.1) is 33.1 Å². The molecule has 12 nitrogen and oxygen atoms in total. The number of H-pyrrole nitrogens is 1. The molecule has 4 N–H and O–H groups in total. The number of ether oxygens (including phenoxy) is 3. The number of aromatic amines is 1. The SMILES string of the molecule is COc1cc2c(c(OC)c1OC)-c1ccc(N[C@@H](C(=O)Nc3cccc(-c4ncn[nH]4)c3)C(C)C)c(=O)cc1[C@@H](NC(C)=O)CC2. The monoisotopic (exact) mass is 626 g/mol. The van der Waals surface area contributed by atoms with Gasteiger partial charge in [-0.2, -0.15) is 5.10 Å². The molecule has 0 bridgehead atoms. The summed E-state index contributed by atoms with van der Waals surface area (Å²) in [7, 11) is 4.65. The van der Waals surface area contributed by atoms with Crippen molar-refractivity contribution in [2.75, 3.05) is 32.0 Å². The van der Waals surface area contributed by atoms with Gasteiger partial charge in [0.25, 0.3) is 0 Å². The van der Waals surface area contributed by atoms with Crippen LogP contribution in [-0.4, -0.2) is 54.4 Å². The second-order valence-electron chi connectivity index (χ2n) is 11.4. The van der Waals surface area contributed by atoms with Crippen molar-refractivity contribution in [1.29, 1.82) is 0 Å². The number of methoxy groups -OCH3 is 3. The predicted molar refractivity (Wildman–Crippen MR) is 175 cm³/mol. The Kier molecular flexibility index (Phi) is 9.55. The van der Waals surface area contributed by atoms with Crippen molar-refractivity contribution >= 4 is 23.2 Å². The quantitative estimate of drug-likeness (QED) is 0.196. The number of benzene rings is 2. The first-order chi connectivity index (χ1) is 22.1. The van der Waals surface area contributed by atoms with Gasteiger partial charge in [-0.05, 0) is 65.8 Å². The van der Waals surface area contributed by atoms with Crippen molar-refractivity contribution in [3.63, 3.8) is 0 Å². The highest BCUT2D eigenvalue weighted by atomic mass is 16.5. The molecule has 0 aliphatic heterocycles. The van der Waals surface area contributed by atoms with Crippen molar-refractivity contribution in [3.8, 4) is 39.8 Å². The van der Waals surface area contributed by atoms with Crippen LogP contribution in [0.2, 0.25) is 0 Å². The summed E-state index contributed by atoms with van der Waals surface area (Å²) >= 11 is 0. The van der Waals surface area contributed by atoms with E-state index < -0.39 is 12.1 Å². The second-order valence-corrected chi connectivity index (χ2v) is 11.4. The first-order valence-corrected chi connectivity index (χ1v) is 15.0. The summed E-state index contributed by atoms with van der Waals surface area (Å²) in [5, 5.41) is 15.9. The summed E-state index contributed by atoms with van der Waals surface area (Å²) in [5.41, 5.74) is 4.24. The number of carbonyl (C=O) groups is 2. The van der Waals surface area contributed by atoms with Gasteiger partial charge in [-0.25, -0.2) is 4.98 Å². The molecule has 0 radical (unpaired) electrons. The zero-order valence-electron chi connectivity index (χ0n) is 26.7. The van der Waals surface area contributed by atoms with Gasteiger partial charge in [0.2, 0.25) is 23.0 Å². The number of fused-ring (bicyclic) bond motifs is 3. The Morgan fingerprint density at radius 3 is 2.43 bits per heavy atom. The van der Waals surface area contributed by atoms with E-state index in [9.17, 15) is 14.4 Å². The molecule has 1 aliphatic carbocycles. The molecule has 12 heteroatoms. The second kappa shape index (κ2) is 13.7. The molecule has 1 aliphatic rings. The van der Waals surface area contributed by atoms with Gasteiger partial charge in [-0.3, -0.25) is 19.5 Å². The first kappa shape index (κ1) is 32.0. The van der Waals surface area contributed by atoms with Crippen molar-refractivity contribution in [3.05, 3.63) is 76.2 Å². The molecule has 0 fully saturated rings. The van der Waals surface area contributed by atoms with Gasteiger partial charge in [0.1, 0.15) is 12.4 Å². The standard InChI is InChI=1S/C34H38N6O6/c1-18(2)30(34(43)38-22-9-7-8-21(14-22)33-35-17-36-40-33)39-26-13-11-23-24(16-27(26)42)25(37-19(3)41)12-10-20-15-28(44-4)31(45-5)32(46-6)29(20)23/h7-9,11,13-18,25,30H,10,12H2,1-6H3,(H,37,41)(H,38,43)(H,39,42)(H,35,36,40)/t25-,30+/m0/s1. The Bertz CT molecular complexity index is 1810. The number of hydrogen-bond acceptors (Lipinski definition) is 9. The number of nitrogens with one attached hydrogen (secondary N) is 4. The van der Waals surface area contributed by atoms with Crippen LogP contribution in [0.15, 0.2) is 59.7 Å². The molecule has 0 unspecified atom stereocenters. The minimum Gasteiger partial charge on any atom is -0.493 e. The Morgan fingerprint density at radius 1 is 1.00 bits per heavy atom. The van der Waals surface area contributed by atoms with Gasteiger partial charge in [0.15, 0.2) is 17.3 Å². The van der Waals surface area contributed by atoms with E-state index in [4.69, 9.17) is 14.2 Å². The molecule has 0 saturated heterocycles. The zero-order valence-corrected chi connectivity index (χ0v) is 26.7. The number of anilines is 2. The lowest BCUT2D eigenvalue weighted by Gasteiger charge is -2.22. The highest BCUT2D eigenvalue weighted by Crippen LogP contribution is 2.50. The van der Waals surface area contributed by atoms with Crippen LogP contribution in [-0.2, 0) is 16.0 Å². The van der Waals surface area contributed by atoms with Crippen LogP contribution in [0.25, 0.3) is 22.5 Å². The number of carbonyl (C=O) groups excluding carboxylic acids is 2. The third-order valence-corrected chi connectivity index (χ3v) is 7.99. The average Bonchev–Trinajstić information content (AvgIpc) is 3.48. The lowest BCUT2D eigenvalue weighted by Crippen LogP contribution is -2.39. The smallest absolute Gasteiger partial charge is 0.247 e. The molecular formula is C34H38N6O6. The number of aryl methyl sites for hydroxylation is 1. The number of aromatic nitrogens is 3. The molecule has 46 heavy (non-hydrogen) atoms. The van der Waals surface area contributed by atoms with Crippen molar-refractivity contribution in [1.82, 2.24) is 20.5 Å². The minimum absolute atomic E-state index is 0.176. The maximum atomic E-state index is 13.8. The molecule has 5 rings (SSSR count). The van der Waals surface area contributed by atoms with Crippen LogP contribution < -0.4 is 35.6 Å². The van der Waals surface area contributed by atoms with Crippen LogP contribution in [0.1, 0.15) is 44.4 Å². The van der Waals surface area contributed by atoms with E-state index in [1.807, 2.05) is 38.1 Å². The first-order valence-electron chi connectivity index (χ1n) is 15.0. The summed E-state index contributed by atoms with van der Waals surface area (Å²) in [6.45, 7) is 5.25. The topological polar surface area (TPSA) is 157 Å². The Labute approximate surface area is 266 Å². The highest BCUT2D eigenvalue weighted by Gasteiger charge is 2.30.